The number of nitrogens with one attached hydrogen (secondary N) is 1. The first-order chi connectivity index (χ1) is 9.76. The molecule has 3 heteroatoms. The highest BCUT2D eigenvalue weighted by molar-refractivity contribution is 5.08. The van der Waals surface area contributed by atoms with Crippen LogP contribution in [0.5, 0.6) is 0 Å². The molecule has 1 aliphatic carbocycles. The maximum absolute atomic E-state index is 4.35. The van der Waals surface area contributed by atoms with Gasteiger partial charge in [-0.15, -0.1) is 0 Å². The molecule has 1 heterocycles. The van der Waals surface area contributed by atoms with Crippen LogP contribution in [0, 0.1) is 11.8 Å². The van der Waals surface area contributed by atoms with Gasteiger partial charge in [-0.2, -0.15) is 5.10 Å². The van der Waals surface area contributed by atoms with Gasteiger partial charge in [-0.1, -0.05) is 46.0 Å². The summed E-state index contributed by atoms with van der Waals surface area (Å²) in [6.07, 6.45) is 11.7. The fourth-order valence-corrected chi connectivity index (χ4v) is 3.72. The Morgan fingerprint density at radius 1 is 1.30 bits per heavy atom. The lowest BCUT2D eigenvalue weighted by molar-refractivity contribution is 0.209. The van der Waals surface area contributed by atoms with Crippen LogP contribution in [0.1, 0.15) is 70.5 Å². The van der Waals surface area contributed by atoms with Crippen molar-refractivity contribution >= 4 is 0 Å². The molecule has 0 radical (unpaired) electrons. The van der Waals surface area contributed by atoms with Gasteiger partial charge in [0, 0.05) is 13.2 Å². The molecule has 20 heavy (non-hydrogen) atoms. The zero-order valence-corrected chi connectivity index (χ0v) is 13.4. The van der Waals surface area contributed by atoms with E-state index in [0.717, 1.165) is 18.4 Å². The Balaban J connectivity index is 1.93. The fraction of sp³-hybridized carbons (Fsp3) is 0.824. The number of unbranched alkanes of at least 4 members (excludes halogenated alkanes) is 1. The average molecular weight is 277 g/mol. The number of hydrogen-bond acceptors (Lipinski definition) is 2. The molecule has 2 rings (SSSR count). The average Bonchev–Trinajstić information content (AvgIpc) is 2.89. The molecule has 1 saturated carbocycles. The predicted octanol–water partition coefficient (Wildman–Crippen LogP) is 4.07. The monoisotopic (exact) mass is 277 g/mol. The third-order valence-corrected chi connectivity index (χ3v) is 4.93. The molecule has 1 N–H and O–H groups in total. The highest BCUT2D eigenvalue weighted by Gasteiger charge is 2.29. The Hall–Kier alpha value is -0.830. The van der Waals surface area contributed by atoms with Crippen LogP contribution in [0.15, 0.2) is 12.3 Å². The van der Waals surface area contributed by atoms with Crippen LogP contribution in [0.4, 0.5) is 0 Å². The van der Waals surface area contributed by atoms with Crippen molar-refractivity contribution in [3.63, 3.8) is 0 Å². The van der Waals surface area contributed by atoms with Crippen molar-refractivity contribution in [2.45, 2.75) is 64.8 Å². The normalized spacial score (nSPS) is 24.8. The SMILES string of the molecule is CCCCC1CCC(C(NCC)c2ccnn2C)CC1. The molecular formula is C17H31N3. The van der Waals surface area contributed by atoms with Crippen LogP contribution < -0.4 is 5.32 Å². The molecular weight excluding hydrogens is 246 g/mol. The third-order valence-electron chi connectivity index (χ3n) is 4.93. The molecule has 3 nitrogen and oxygen atoms in total. The van der Waals surface area contributed by atoms with E-state index in [9.17, 15) is 0 Å². The van der Waals surface area contributed by atoms with E-state index in [1.54, 1.807) is 0 Å². The van der Waals surface area contributed by atoms with E-state index in [2.05, 4.69) is 37.4 Å². The van der Waals surface area contributed by atoms with Crippen molar-refractivity contribution in [1.29, 1.82) is 0 Å². The summed E-state index contributed by atoms with van der Waals surface area (Å²) in [5, 5.41) is 8.04. The minimum Gasteiger partial charge on any atom is -0.309 e. The second-order valence-corrected chi connectivity index (χ2v) is 6.34. The van der Waals surface area contributed by atoms with Crippen molar-refractivity contribution in [3.05, 3.63) is 18.0 Å². The molecule has 1 atom stereocenters. The summed E-state index contributed by atoms with van der Waals surface area (Å²) in [5.74, 6) is 1.77. The largest absolute Gasteiger partial charge is 0.309 e. The van der Waals surface area contributed by atoms with Crippen LogP contribution in [0.25, 0.3) is 0 Å². The second-order valence-electron chi connectivity index (χ2n) is 6.34. The van der Waals surface area contributed by atoms with Gasteiger partial charge in [-0.05, 0) is 37.3 Å². The number of aromatic nitrogens is 2. The van der Waals surface area contributed by atoms with Gasteiger partial charge in [0.2, 0.25) is 0 Å². The molecule has 0 spiro atoms. The Morgan fingerprint density at radius 2 is 2.05 bits per heavy atom. The van der Waals surface area contributed by atoms with Gasteiger partial charge in [0.25, 0.3) is 0 Å². The van der Waals surface area contributed by atoms with Crippen molar-refractivity contribution in [2.24, 2.45) is 18.9 Å². The lowest BCUT2D eigenvalue weighted by atomic mass is 9.76. The van der Waals surface area contributed by atoms with Crippen LogP contribution in [-0.2, 0) is 7.05 Å². The van der Waals surface area contributed by atoms with Gasteiger partial charge in [-0.25, -0.2) is 0 Å². The van der Waals surface area contributed by atoms with E-state index in [4.69, 9.17) is 0 Å². The van der Waals surface area contributed by atoms with Crippen LogP contribution in [0.3, 0.4) is 0 Å². The Morgan fingerprint density at radius 3 is 2.60 bits per heavy atom. The minimum absolute atomic E-state index is 0.486. The van der Waals surface area contributed by atoms with Gasteiger partial charge < -0.3 is 5.32 Å². The first kappa shape index (κ1) is 15.6. The van der Waals surface area contributed by atoms with Crippen LogP contribution >= 0.6 is 0 Å². The molecule has 0 saturated heterocycles. The lowest BCUT2D eigenvalue weighted by Gasteiger charge is -2.34. The molecule has 1 fully saturated rings. The predicted molar refractivity (Wildman–Crippen MR) is 84.6 cm³/mol. The quantitative estimate of drug-likeness (QED) is 0.814. The van der Waals surface area contributed by atoms with Crippen molar-refractivity contribution in [2.75, 3.05) is 6.54 Å². The van der Waals surface area contributed by atoms with Crippen molar-refractivity contribution in [3.8, 4) is 0 Å². The summed E-state index contributed by atoms with van der Waals surface area (Å²) >= 11 is 0. The maximum Gasteiger partial charge on any atom is 0.0553 e. The van der Waals surface area contributed by atoms with Crippen molar-refractivity contribution in [1.82, 2.24) is 15.1 Å². The van der Waals surface area contributed by atoms with Gasteiger partial charge >= 0.3 is 0 Å². The first-order valence-corrected chi connectivity index (χ1v) is 8.47. The van der Waals surface area contributed by atoms with E-state index in [1.165, 1.54) is 50.6 Å². The van der Waals surface area contributed by atoms with Crippen LogP contribution in [-0.4, -0.2) is 16.3 Å². The topological polar surface area (TPSA) is 29.9 Å². The summed E-state index contributed by atoms with van der Waals surface area (Å²) < 4.78 is 2.04. The molecule has 114 valence electrons. The summed E-state index contributed by atoms with van der Waals surface area (Å²) in [4.78, 5) is 0. The highest BCUT2D eigenvalue weighted by atomic mass is 15.3. The zero-order valence-electron chi connectivity index (χ0n) is 13.4. The van der Waals surface area contributed by atoms with E-state index < -0.39 is 0 Å². The summed E-state index contributed by atoms with van der Waals surface area (Å²) in [5.41, 5.74) is 1.35. The molecule has 0 aliphatic heterocycles. The van der Waals surface area contributed by atoms with Gasteiger partial charge in [0.1, 0.15) is 0 Å². The molecule has 0 bridgehead atoms. The Bertz CT molecular complexity index is 377. The molecule has 1 unspecified atom stereocenters. The number of aryl methyl sites for hydroxylation is 1. The molecule has 1 aliphatic rings. The third kappa shape index (κ3) is 3.85. The molecule has 1 aromatic heterocycles. The number of hydrogen-bond donors (Lipinski definition) is 1. The maximum atomic E-state index is 4.35. The molecule has 0 aromatic carbocycles. The minimum atomic E-state index is 0.486. The summed E-state index contributed by atoms with van der Waals surface area (Å²) in [6.45, 7) is 5.54. The molecule has 0 amide bonds. The second kappa shape index (κ2) is 7.82. The van der Waals surface area contributed by atoms with Crippen molar-refractivity contribution < 1.29 is 0 Å². The van der Waals surface area contributed by atoms with E-state index in [0.29, 0.717) is 6.04 Å². The summed E-state index contributed by atoms with van der Waals surface area (Å²) in [6, 6.07) is 2.66. The van der Waals surface area contributed by atoms with Crippen LogP contribution in [0.2, 0.25) is 0 Å². The fourth-order valence-electron chi connectivity index (χ4n) is 3.72. The van der Waals surface area contributed by atoms with E-state index in [-0.39, 0.29) is 0 Å². The van der Waals surface area contributed by atoms with E-state index in [1.807, 2.05) is 10.9 Å². The first-order valence-electron chi connectivity index (χ1n) is 8.47. The standard InChI is InChI=1S/C17H31N3/c1-4-6-7-14-8-10-15(11-9-14)17(18-5-2)16-12-13-19-20(16)3/h12-15,17-18H,4-11H2,1-3H3. The van der Waals surface area contributed by atoms with Gasteiger partial charge in [-0.3, -0.25) is 4.68 Å². The highest BCUT2D eigenvalue weighted by Crippen LogP contribution is 2.38. The Kier molecular flexibility index (Phi) is 6.08. The number of rotatable bonds is 7. The molecule has 1 aromatic rings. The van der Waals surface area contributed by atoms with Gasteiger partial charge in [0.15, 0.2) is 0 Å². The Labute approximate surface area is 124 Å². The smallest absolute Gasteiger partial charge is 0.0553 e. The van der Waals surface area contributed by atoms with E-state index >= 15 is 0 Å². The number of nitrogens with zero attached hydrogens (tertiary/aromatic N) is 2. The van der Waals surface area contributed by atoms with Gasteiger partial charge in [0.05, 0.1) is 11.7 Å². The zero-order chi connectivity index (χ0) is 14.4. The lowest BCUT2D eigenvalue weighted by Crippen LogP contribution is -2.32. The summed E-state index contributed by atoms with van der Waals surface area (Å²) in [7, 11) is 2.06.